The van der Waals surface area contributed by atoms with Crippen molar-refractivity contribution >= 4 is 50.7 Å². The minimum atomic E-state index is -0.462. The summed E-state index contributed by atoms with van der Waals surface area (Å²) in [6.07, 6.45) is 0.204. The Morgan fingerprint density at radius 2 is 2.18 bits per heavy atom. The largest absolute Gasteiger partial charge is 0.469 e. The van der Waals surface area contributed by atoms with Crippen LogP contribution in [0.3, 0.4) is 0 Å². The van der Waals surface area contributed by atoms with E-state index < -0.39 is 17.9 Å². The fourth-order valence-electron chi connectivity index (χ4n) is 3.18. The number of ether oxygens (including phenoxy) is 1. The lowest BCUT2D eigenvalue weighted by Gasteiger charge is -2.20. The third-order valence-electron chi connectivity index (χ3n) is 4.75. The van der Waals surface area contributed by atoms with Crippen LogP contribution in [-0.2, 0) is 19.1 Å². The molecule has 2 unspecified atom stereocenters. The van der Waals surface area contributed by atoms with E-state index >= 15 is 0 Å². The van der Waals surface area contributed by atoms with E-state index in [2.05, 4.69) is 21.2 Å². The lowest BCUT2D eigenvalue weighted by molar-refractivity contribution is -0.141. The van der Waals surface area contributed by atoms with Crippen LogP contribution in [0.25, 0.3) is 0 Å². The number of benzene rings is 1. The summed E-state index contributed by atoms with van der Waals surface area (Å²) in [5.41, 5.74) is 1.81. The predicted octanol–water partition coefficient (Wildman–Crippen LogP) is 3.59. The Balaban J connectivity index is 1.70. The summed E-state index contributed by atoms with van der Waals surface area (Å²) in [4.78, 5) is 39.6. The standard InChI is InChI=1S/C20H21BrN2O4S/c1-12-8-14(5-6-15(12)21)23-11-13(9-18(23)24)20(26)22-16(10-19(25)27-2)17-4-3-7-28-17/h3-8,13,16H,9-11H2,1-2H3,(H,22,26). The number of methoxy groups -OCH3 is 1. The number of carbonyl (C=O) groups excluding carboxylic acids is 3. The number of thiophene rings is 1. The first-order valence-corrected chi connectivity index (χ1v) is 10.5. The Kier molecular flexibility index (Phi) is 6.51. The first-order chi connectivity index (χ1) is 13.4. The topological polar surface area (TPSA) is 75.7 Å². The van der Waals surface area contributed by atoms with Crippen molar-refractivity contribution < 1.29 is 19.1 Å². The van der Waals surface area contributed by atoms with Gasteiger partial charge in [0.15, 0.2) is 0 Å². The van der Waals surface area contributed by atoms with Crippen molar-refractivity contribution in [1.29, 1.82) is 0 Å². The second-order valence-corrected chi connectivity index (χ2v) is 8.53. The molecule has 3 rings (SSSR count). The van der Waals surface area contributed by atoms with E-state index in [-0.39, 0.29) is 24.7 Å². The minimum absolute atomic E-state index is 0.0546. The van der Waals surface area contributed by atoms with E-state index in [0.717, 1.165) is 20.6 Å². The summed E-state index contributed by atoms with van der Waals surface area (Å²) in [5.74, 6) is -1.17. The van der Waals surface area contributed by atoms with Gasteiger partial charge in [-0.15, -0.1) is 11.3 Å². The number of nitrogens with one attached hydrogen (secondary N) is 1. The van der Waals surface area contributed by atoms with Gasteiger partial charge in [0.2, 0.25) is 11.8 Å². The first kappa shape index (κ1) is 20.5. The van der Waals surface area contributed by atoms with Crippen molar-refractivity contribution in [2.45, 2.75) is 25.8 Å². The molecule has 28 heavy (non-hydrogen) atoms. The lowest BCUT2D eigenvalue weighted by atomic mass is 10.1. The van der Waals surface area contributed by atoms with E-state index in [0.29, 0.717) is 6.54 Å². The summed E-state index contributed by atoms with van der Waals surface area (Å²) < 4.78 is 5.72. The maximum atomic E-state index is 12.8. The summed E-state index contributed by atoms with van der Waals surface area (Å²) in [7, 11) is 1.32. The average molecular weight is 465 g/mol. The highest BCUT2D eigenvalue weighted by molar-refractivity contribution is 9.10. The van der Waals surface area contributed by atoms with Gasteiger partial charge in [0.05, 0.1) is 25.5 Å². The highest BCUT2D eigenvalue weighted by Crippen LogP contribution is 2.30. The van der Waals surface area contributed by atoms with Gasteiger partial charge in [-0.05, 0) is 42.1 Å². The Morgan fingerprint density at radius 1 is 1.39 bits per heavy atom. The molecule has 2 heterocycles. The van der Waals surface area contributed by atoms with Gasteiger partial charge in [0.25, 0.3) is 0 Å². The van der Waals surface area contributed by atoms with Crippen LogP contribution in [0.15, 0.2) is 40.2 Å². The van der Waals surface area contributed by atoms with E-state index in [4.69, 9.17) is 4.74 Å². The number of rotatable bonds is 6. The maximum absolute atomic E-state index is 12.8. The SMILES string of the molecule is COC(=O)CC(NC(=O)C1CC(=O)N(c2ccc(Br)c(C)c2)C1)c1cccs1. The number of hydrogen-bond donors (Lipinski definition) is 1. The van der Waals surface area contributed by atoms with Crippen LogP contribution in [0.5, 0.6) is 0 Å². The van der Waals surface area contributed by atoms with Gasteiger partial charge >= 0.3 is 5.97 Å². The van der Waals surface area contributed by atoms with Gasteiger partial charge in [-0.3, -0.25) is 14.4 Å². The Bertz CT molecular complexity index is 884. The summed E-state index contributed by atoms with van der Waals surface area (Å²) in [6, 6.07) is 8.96. The smallest absolute Gasteiger partial charge is 0.307 e. The van der Waals surface area contributed by atoms with Crippen LogP contribution < -0.4 is 10.2 Å². The molecule has 0 spiro atoms. The van der Waals surface area contributed by atoms with Gasteiger partial charge < -0.3 is 15.0 Å². The molecule has 1 aromatic heterocycles. The second kappa shape index (κ2) is 8.87. The molecule has 1 aromatic carbocycles. The molecule has 0 bridgehead atoms. The van der Waals surface area contributed by atoms with Gasteiger partial charge in [-0.1, -0.05) is 22.0 Å². The summed E-state index contributed by atoms with van der Waals surface area (Å²) in [5, 5.41) is 4.82. The highest BCUT2D eigenvalue weighted by atomic mass is 79.9. The van der Waals surface area contributed by atoms with Gasteiger partial charge in [-0.2, -0.15) is 0 Å². The molecule has 0 aliphatic carbocycles. The van der Waals surface area contributed by atoms with Crippen molar-refractivity contribution in [3.63, 3.8) is 0 Å². The number of nitrogens with zero attached hydrogens (tertiary/aromatic N) is 1. The van der Waals surface area contributed by atoms with Crippen LogP contribution in [0.4, 0.5) is 5.69 Å². The zero-order valence-corrected chi connectivity index (χ0v) is 18.0. The molecule has 1 fully saturated rings. The lowest BCUT2D eigenvalue weighted by Crippen LogP contribution is -2.36. The van der Waals surface area contributed by atoms with Crippen molar-refractivity contribution in [3.05, 3.63) is 50.6 Å². The second-order valence-electron chi connectivity index (χ2n) is 6.70. The fraction of sp³-hybridized carbons (Fsp3) is 0.350. The van der Waals surface area contributed by atoms with Crippen molar-refractivity contribution in [2.75, 3.05) is 18.6 Å². The van der Waals surface area contributed by atoms with E-state index in [1.54, 1.807) is 4.90 Å². The number of anilines is 1. The molecule has 2 aromatic rings. The van der Waals surface area contributed by atoms with E-state index in [1.165, 1.54) is 18.4 Å². The number of aryl methyl sites for hydroxylation is 1. The first-order valence-electron chi connectivity index (χ1n) is 8.86. The number of esters is 1. The van der Waals surface area contributed by atoms with Crippen molar-refractivity contribution in [3.8, 4) is 0 Å². The number of amides is 2. The quantitative estimate of drug-likeness (QED) is 0.662. The molecule has 1 aliphatic heterocycles. The zero-order valence-electron chi connectivity index (χ0n) is 15.6. The normalized spacial score (nSPS) is 17.5. The molecule has 8 heteroatoms. The molecule has 0 radical (unpaired) electrons. The molecular weight excluding hydrogens is 444 g/mol. The average Bonchev–Trinajstić information content (AvgIpc) is 3.33. The maximum Gasteiger partial charge on any atom is 0.307 e. The fourth-order valence-corrected chi connectivity index (χ4v) is 4.21. The minimum Gasteiger partial charge on any atom is -0.469 e. The van der Waals surface area contributed by atoms with Gasteiger partial charge in [-0.25, -0.2) is 0 Å². The molecule has 148 valence electrons. The molecule has 2 atom stereocenters. The molecule has 0 saturated carbocycles. The highest BCUT2D eigenvalue weighted by Gasteiger charge is 2.36. The summed E-state index contributed by atoms with van der Waals surface area (Å²) >= 11 is 4.92. The van der Waals surface area contributed by atoms with Crippen molar-refractivity contribution in [2.24, 2.45) is 5.92 Å². The molecule has 1 N–H and O–H groups in total. The molecule has 6 nitrogen and oxygen atoms in total. The molecular formula is C20H21BrN2O4S. The van der Waals surface area contributed by atoms with E-state index in [1.807, 2.05) is 42.6 Å². The molecule has 1 saturated heterocycles. The monoisotopic (exact) mass is 464 g/mol. The van der Waals surface area contributed by atoms with Crippen LogP contribution >= 0.6 is 27.3 Å². The number of hydrogen-bond acceptors (Lipinski definition) is 5. The van der Waals surface area contributed by atoms with E-state index in [9.17, 15) is 14.4 Å². The predicted molar refractivity (Wildman–Crippen MR) is 111 cm³/mol. The Hall–Kier alpha value is -2.19. The molecule has 2 amide bonds. The van der Waals surface area contributed by atoms with Crippen LogP contribution in [0.1, 0.15) is 29.3 Å². The van der Waals surface area contributed by atoms with Crippen LogP contribution in [0, 0.1) is 12.8 Å². The summed E-state index contributed by atoms with van der Waals surface area (Å²) in [6.45, 7) is 2.28. The van der Waals surface area contributed by atoms with Gasteiger partial charge in [0.1, 0.15) is 0 Å². The van der Waals surface area contributed by atoms with Crippen LogP contribution in [-0.4, -0.2) is 31.4 Å². The number of carbonyl (C=O) groups is 3. The van der Waals surface area contributed by atoms with Crippen molar-refractivity contribution in [1.82, 2.24) is 5.32 Å². The third-order valence-corrected chi connectivity index (χ3v) is 6.63. The third kappa shape index (κ3) is 4.62. The zero-order chi connectivity index (χ0) is 20.3. The van der Waals surface area contributed by atoms with Crippen LogP contribution in [0.2, 0.25) is 0 Å². The Labute approximate surface area is 176 Å². The molecule has 1 aliphatic rings. The Morgan fingerprint density at radius 3 is 2.82 bits per heavy atom. The number of halogens is 1. The van der Waals surface area contributed by atoms with Gasteiger partial charge in [0, 0.05) is 28.0 Å².